The van der Waals surface area contributed by atoms with Crippen molar-refractivity contribution in [2.45, 2.75) is 0 Å². The van der Waals surface area contributed by atoms with Crippen molar-refractivity contribution in [1.82, 2.24) is 9.88 Å². The third-order valence-corrected chi connectivity index (χ3v) is 3.42. The van der Waals surface area contributed by atoms with Gasteiger partial charge in [-0.1, -0.05) is 17.4 Å². The van der Waals surface area contributed by atoms with Gasteiger partial charge in [0.1, 0.15) is 11.3 Å². The summed E-state index contributed by atoms with van der Waals surface area (Å²) in [6, 6.07) is 5.99. The molecule has 17 heavy (non-hydrogen) atoms. The van der Waals surface area contributed by atoms with E-state index in [4.69, 9.17) is 4.74 Å². The average Bonchev–Trinajstić information content (AvgIpc) is 2.70. The Balaban J connectivity index is 2.14. The highest BCUT2D eigenvalue weighted by Crippen LogP contribution is 2.31. The van der Waals surface area contributed by atoms with Crippen LogP contribution in [0.3, 0.4) is 0 Å². The van der Waals surface area contributed by atoms with Crippen LogP contribution in [0.4, 0.5) is 5.13 Å². The highest BCUT2D eigenvalue weighted by atomic mass is 32.1. The highest BCUT2D eigenvalue weighted by molar-refractivity contribution is 7.22. The summed E-state index contributed by atoms with van der Waals surface area (Å²) < 4.78 is 6.44. The largest absolute Gasteiger partial charge is 0.494 e. The third-order valence-electron chi connectivity index (χ3n) is 2.44. The predicted molar refractivity (Wildman–Crippen MR) is 73.2 cm³/mol. The molecule has 1 heterocycles. The first-order valence-electron chi connectivity index (χ1n) is 5.53. The fourth-order valence-electron chi connectivity index (χ4n) is 1.55. The van der Waals surface area contributed by atoms with Crippen molar-refractivity contribution >= 4 is 26.7 Å². The third kappa shape index (κ3) is 2.87. The Morgan fingerprint density at radius 1 is 1.41 bits per heavy atom. The Morgan fingerprint density at radius 2 is 2.24 bits per heavy atom. The monoisotopic (exact) mass is 251 g/mol. The van der Waals surface area contributed by atoms with E-state index in [0.29, 0.717) is 0 Å². The lowest BCUT2D eigenvalue weighted by Gasteiger charge is -2.08. The lowest BCUT2D eigenvalue weighted by Crippen LogP contribution is -2.20. The van der Waals surface area contributed by atoms with Gasteiger partial charge in [-0.3, -0.25) is 0 Å². The lowest BCUT2D eigenvalue weighted by molar-refractivity contribution is 0.419. The number of methoxy groups -OCH3 is 1. The first-order chi connectivity index (χ1) is 8.20. The fourth-order valence-corrected chi connectivity index (χ4v) is 2.46. The molecule has 0 spiro atoms. The standard InChI is InChI=1S/C12H17N3OS/c1-15(2)8-7-13-12-14-11-9(16-3)5-4-6-10(11)17-12/h4-6H,7-8H2,1-3H3,(H,13,14). The number of fused-ring (bicyclic) bond motifs is 1. The number of para-hydroxylation sites is 1. The summed E-state index contributed by atoms with van der Waals surface area (Å²) in [5.41, 5.74) is 0.937. The normalized spacial score (nSPS) is 11.1. The minimum atomic E-state index is 0.833. The molecule has 0 saturated heterocycles. The van der Waals surface area contributed by atoms with E-state index in [-0.39, 0.29) is 0 Å². The number of benzene rings is 1. The molecule has 0 fully saturated rings. The molecule has 2 aromatic rings. The molecule has 4 nitrogen and oxygen atoms in total. The minimum absolute atomic E-state index is 0.833. The summed E-state index contributed by atoms with van der Waals surface area (Å²) in [5, 5.41) is 4.28. The molecule has 0 aliphatic rings. The van der Waals surface area contributed by atoms with E-state index in [0.717, 1.165) is 34.2 Å². The van der Waals surface area contributed by atoms with E-state index >= 15 is 0 Å². The van der Waals surface area contributed by atoms with Crippen LogP contribution in [-0.4, -0.2) is 44.2 Å². The Hall–Kier alpha value is -1.33. The van der Waals surface area contributed by atoms with E-state index in [2.05, 4.69) is 35.4 Å². The second-order valence-corrected chi connectivity index (χ2v) is 5.09. The number of anilines is 1. The minimum Gasteiger partial charge on any atom is -0.494 e. The summed E-state index contributed by atoms with van der Waals surface area (Å²) in [5.74, 6) is 0.833. The molecule has 1 aromatic carbocycles. The Kier molecular flexibility index (Phi) is 3.81. The number of hydrogen-bond donors (Lipinski definition) is 1. The molecule has 0 unspecified atom stereocenters. The van der Waals surface area contributed by atoms with Crippen LogP contribution in [0.25, 0.3) is 10.2 Å². The van der Waals surface area contributed by atoms with Crippen molar-refractivity contribution in [1.29, 1.82) is 0 Å². The number of ether oxygens (including phenoxy) is 1. The summed E-state index contributed by atoms with van der Waals surface area (Å²) in [4.78, 5) is 6.68. The lowest BCUT2D eigenvalue weighted by atomic mass is 10.3. The van der Waals surface area contributed by atoms with Crippen molar-refractivity contribution in [3.63, 3.8) is 0 Å². The zero-order valence-electron chi connectivity index (χ0n) is 10.4. The van der Waals surface area contributed by atoms with Gasteiger partial charge in [-0.15, -0.1) is 0 Å². The number of nitrogens with zero attached hydrogens (tertiary/aromatic N) is 2. The highest BCUT2D eigenvalue weighted by Gasteiger charge is 2.07. The van der Waals surface area contributed by atoms with Crippen LogP contribution in [0.15, 0.2) is 18.2 Å². The first kappa shape index (κ1) is 12.1. The molecule has 0 aliphatic heterocycles. The van der Waals surface area contributed by atoms with Gasteiger partial charge in [0, 0.05) is 13.1 Å². The van der Waals surface area contributed by atoms with Crippen LogP contribution in [0.5, 0.6) is 5.75 Å². The summed E-state index contributed by atoms with van der Waals surface area (Å²) >= 11 is 1.66. The number of thiazole rings is 1. The van der Waals surface area contributed by atoms with E-state index in [1.54, 1.807) is 18.4 Å². The van der Waals surface area contributed by atoms with Crippen LogP contribution in [0.1, 0.15) is 0 Å². The van der Waals surface area contributed by atoms with Crippen LogP contribution >= 0.6 is 11.3 Å². The summed E-state index contributed by atoms with van der Waals surface area (Å²) in [6.45, 7) is 1.89. The molecule has 0 bridgehead atoms. The Labute approximate surface area is 105 Å². The Bertz CT molecular complexity index is 495. The summed E-state index contributed by atoms with van der Waals surface area (Å²) in [7, 11) is 5.79. The maximum absolute atomic E-state index is 5.29. The van der Waals surface area contributed by atoms with Gasteiger partial charge in [0.05, 0.1) is 11.8 Å². The molecular formula is C12H17N3OS. The quantitative estimate of drug-likeness (QED) is 0.884. The van der Waals surface area contributed by atoms with Crippen LogP contribution in [-0.2, 0) is 0 Å². The number of likely N-dealkylation sites (N-methyl/N-ethyl adjacent to an activating group) is 1. The van der Waals surface area contributed by atoms with Crippen LogP contribution < -0.4 is 10.1 Å². The number of aromatic nitrogens is 1. The second kappa shape index (κ2) is 5.33. The van der Waals surface area contributed by atoms with Crippen LogP contribution in [0.2, 0.25) is 0 Å². The van der Waals surface area contributed by atoms with Crippen molar-refractivity contribution in [2.24, 2.45) is 0 Å². The molecule has 2 rings (SSSR count). The molecule has 0 amide bonds. The zero-order chi connectivity index (χ0) is 12.3. The fraction of sp³-hybridized carbons (Fsp3) is 0.417. The van der Waals surface area contributed by atoms with E-state index in [9.17, 15) is 0 Å². The Morgan fingerprint density at radius 3 is 2.94 bits per heavy atom. The molecule has 0 atom stereocenters. The van der Waals surface area contributed by atoms with Gasteiger partial charge in [0.2, 0.25) is 0 Å². The van der Waals surface area contributed by atoms with Gasteiger partial charge in [0.15, 0.2) is 5.13 Å². The van der Waals surface area contributed by atoms with Crippen LogP contribution in [0, 0.1) is 0 Å². The maximum atomic E-state index is 5.29. The second-order valence-electron chi connectivity index (χ2n) is 4.06. The van der Waals surface area contributed by atoms with Gasteiger partial charge < -0.3 is 15.0 Å². The molecule has 92 valence electrons. The zero-order valence-corrected chi connectivity index (χ0v) is 11.2. The molecule has 0 saturated carbocycles. The van der Waals surface area contributed by atoms with Gasteiger partial charge in [-0.05, 0) is 26.2 Å². The molecule has 1 aromatic heterocycles. The SMILES string of the molecule is COc1cccc2sc(NCCN(C)C)nc12. The number of hydrogen-bond acceptors (Lipinski definition) is 5. The smallest absolute Gasteiger partial charge is 0.183 e. The molecule has 5 heteroatoms. The number of nitrogens with one attached hydrogen (secondary N) is 1. The van der Waals surface area contributed by atoms with E-state index < -0.39 is 0 Å². The average molecular weight is 251 g/mol. The van der Waals surface area contributed by atoms with Gasteiger partial charge in [-0.2, -0.15) is 0 Å². The van der Waals surface area contributed by atoms with E-state index in [1.807, 2.05) is 12.1 Å². The van der Waals surface area contributed by atoms with Crippen molar-refractivity contribution in [3.05, 3.63) is 18.2 Å². The van der Waals surface area contributed by atoms with E-state index in [1.165, 1.54) is 0 Å². The van der Waals surface area contributed by atoms with Gasteiger partial charge >= 0.3 is 0 Å². The maximum Gasteiger partial charge on any atom is 0.183 e. The number of rotatable bonds is 5. The predicted octanol–water partition coefficient (Wildman–Crippen LogP) is 2.28. The molecule has 1 N–H and O–H groups in total. The first-order valence-corrected chi connectivity index (χ1v) is 6.34. The van der Waals surface area contributed by atoms with Crippen molar-refractivity contribution in [3.8, 4) is 5.75 Å². The molecule has 0 aliphatic carbocycles. The topological polar surface area (TPSA) is 37.4 Å². The van der Waals surface area contributed by atoms with Gasteiger partial charge in [0.25, 0.3) is 0 Å². The van der Waals surface area contributed by atoms with Crippen molar-refractivity contribution < 1.29 is 4.74 Å². The molecule has 0 radical (unpaired) electrons. The summed E-state index contributed by atoms with van der Waals surface area (Å²) in [6.07, 6.45) is 0. The van der Waals surface area contributed by atoms with Gasteiger partial charge in [-0.25, -0.2) is 4.98 Å². The molecular weight excluding hydrogens is 234 g/mol. The van der Waals surface area contributed by atoms with Crippen molar-refractivity contribution in [2.75, 3.05) is 39.6 Å².